The van der Waals surface area contributed by atoms with Crippen LogP contribution in [-0.4, -0.2) is 17.8 Å². The molecule has 1 fully saturated rings. The average Bonchev–Trinajstić information content (AvgIpc) is 2.79. The molecule has 6 nitrogen and oxygen atoms in total. The number of halogens is 3. The van der Waals surface area contributed by atoms with Crippen molar-refractivity contribution in [3.05, 3.63) is 97.4 Å². The third kappa shape index (κ3) is 5.17. The zero-order chi connectivity index (χ0) is 24.4. The number of carbonyl (C=O) groups is 3. The van der Waals surface area contributed by atoms with Crippen molar-refractivity contribution in [1.29, 1.82) is 0 Å². The Bertz CT molecular complexity index is 1340. The molecule has 1 N–H and O–H groups in total. The minimum absolute atomic E-state index is 0.180. The largest absolute Gasteiger partial charge is 0.488 e. The molecule has 1 saturated heterocycles. The number of amides is 4. The Balaban J connectivity index is 1.58. The van der Waals surface area contributed by atoms with Gasteiger partial charge in [0.15, 0.2) is 0 Å². The van der Waals surface area contributed by atoms with Crippen LogP contribution in [0.1, 0.15) is 16.7 Å². The summed E-state index contributed by atoms with van der Waals surface area (Å²) in [6.45, 7) is 2.08. The van der Waals surface area contributed by atoms with E-state index in [1.165, 1.54) is 12.1 Å². The predicted octanol–water partition coefficient (Wildman–Crippen LogP) is 6.31. The highest BCUT2D eigenvalue weighted by Gasteiger charge is 2.37. The van der Waals surface area contributed by atoms with E-state index in [-0.39, 0.29) is 5.57 Å². The maximum atomic E-state index is 13.1. The highest BCUT2D eigenvalue weighted by atomic mass is 79.9. The molecular formula is C25H17BrCl2N2O4. The Morgan fingerprint density at radius 2 is 1.68 bits per heavy atom. The van der Waals surface area contributed by atoms with Gasteiger partial charge in [-0.25, -0.2) is 9.69 Å². The number of nitrogens with zero attached hydrogens (tertiary/aromatic N) is 1. The number of hydrogen-bond donors (Lipinski definition) is 1. The normalized spacial score (nSPS) is 15.0. The summed E-state index contributed by atoms with van der Waals surface area (Å²) in [5.74, 6) is -0.925. The van der Waals surface area contributed by atoms with Gasteiger partial charge in [-0.2, -0.15) is 0 Å². The second-order valence-electron chi connectivity index (χ2n) is 7.49. The van der Waals surface area contributed by atoms with E-state index in [2.05, 4.69) is 21.2 Å². The molecule has 0 bridgehead atoms. The van der Waals surface area contributed by atoms with Crippen molar-refractivity contribution in [1.82, 2.24) is 5.32 Å². The number of ether oxygens (including phenoxy) is 1. The summed E-state index contributed by atoms with van der Waals surface area (Å²) in [4.78, 5) is 39.0. The highest BCUT2D eigenvalue weighted by molar-refractivity contribution is 9.10. The summed E-state index contributed by atoms with van der Waals surface area (Å²) in [5.41, 5.74) is 2.31. The summed E-state index contributed by atoms with van der Waals surface area (Å²) in [5, 5.41) is 3.22. The number of benzene rings is 3. The second kappa shape index (κ2) is 10.0. The molecule has 172 valence electrons. The van der Waals surface area contributed by atoms with Gasteiger partial charge in [0.1, 0.15) is 17.9 Å². The fourth-order valence-electron chi connectivity index (χ4n) is 3.33. The van der Waals surface area contributed by atoms with Crippen molar-refractivity contribution in [3.8, 4) is 5.75 Å². The minimum atomic E-state index is -0.829. The maximum absolute atomic E-state index is 13.1. The van der Waals surface area contributed by atoms with Crippen LogP contribution in [0.4, 0.5) is 10.5 Å². The molecule has 1 aliphatic heterocycles. The third-order valence-corrected chi connectivity index (χ3v) is 6.20. The van der Waals surface area contributed by atoms with Gasteiger partial charge >= 0.3 is 6.03 Å². The molecule has 3 aromatic carbocycles. The van der Waals surface area contributed by atoms with Gasteiger partial charge in [0, 0.05) is 10.0 Å². The highest BCUT2D eigenvalue weighted by Crippen LogP contribution is 2.30. The molecule has 0 atom stereocenters. The summed E-state index contributed by atoms with van der Waals surface area (Å²) in [6, 6.07) is 16.5. The molecule has 34 heavy (non-hydrogen) atoms. The van der Waals surface area contributed by atoms with Crippen LogP contribution in [0.5, 0.6) is 5.75 Å². The first-order chi connectivity index (χ1) is 16.2. The quantitative estimate of drug-likeness (QED) is 0.293. The number of hydrogen-bond acceptors (Lipinski definition) is 4. The average molecular weight is 560 g/mol. The summed E-state index contributed by atoms with van der Waals surface area (Å²) >= 11 is 15.4. The van der Waals surface area contributed by atoms with Crippen molar-refractivity contribution >= 4 is 68.7 Å². The Labute approximate surface area is 214 Å². The summed E-state index contributed by atoms with van der Waals surface area (Å²) in [6.07, 6.45) is 1.42. The van der Waals surface area contributed by atoms with Crippen LogP contribution in [0.15, 0.2) is 70.7 Å². The van der Waals surface area contributed by atoms with E-state index in [1.807, 2.05) is 12.1 Å². The van der Waals surface area contributed by atoms with E-state index in [0.29, 0.717) is 43.7 Å². The van der Waals surface area contributed by atoms with Crippen LogP contribution >= 0.6 is 39.1 Å². The van der Waals surface area contributed by atoms with Crippen LogP contribution in [0.25, 0.3) is 6.08 Å². The van der Waals surface area contributed by atoms with E-state index in [9.17, 15) is 14.4 Å². The van der Waals surface area contributed by atoms with Crippen molar-refractivity contribution in [2.75, 3.05) is 4.90 Å². The van der Waals surface area contributed by atoms with Crippen molar-refractivity contribution < 1.29 is 19.1 Å². The molecule has 0 spiro atoms. The van der Waals surface area contributed by atoms with Gasteiger partial charge < -0.3 is 4.74 Å². The van der Waals surface area contributed by atoms with Crippen molar-refractivity contribution in [2.45, 2.75) is 13.5 Å². The predicted molar refractivity (Wildman–Crippen MR) is 135 cm³/mol. The standard InChI is InChI=1S/C25H17BrCl2N2O4/c1-14-2-6-18(28)12-21(14)30-24(32)19(23(31)29-25(30)33)10-16-5-9-22(20(26)11-16)34-13-15-3-7-17(27)8-4-15/h2-12H,13H2,1H3,(H,29,31,33)/b19-10+. The smallest absolute Gasteiger partial charge is 0.335 e. The molecule has 9 heteroatoms. The molecule has 4 rings (SSSR count). The molecule has 0 saturated carbocycles. The zero-order valence-corrected chi connectivity index (χ0v) is 20.9. The third-order valence-electron chi connectivity index (χ3n) is 5.09. The fourth-order valence-corrected chi connectivity index (χ4v) is 4.14. The summed E-state index contributed by atoms with van der Waals surface area (Å²) < 4.78 is 6.48. The van der Waals surface area contributed by atoms with E-state index >= 15 is 0 Å². The number of aryl methyl sites for hydroxylation is 1. The SMILES string of the molecule is Cc1ccc(Cl)cc1N1C(=O)NC(=O)/C(=C\c2ccc(OCc3ccc(Cl)cc3)c(Br)c2)C1=O. The molecule has 1 heterocycles. The van der Waals surface area contributed by atoms with E-state index in [0.717, 1.165) is 10.5 Å². The molecule has 1 aliphatic rings. The van der Waals surface area contributed by atoms with Gasteiger partial charge in [-0.3, -0.25) is 14.9 Å². The topological polar surface area (TPSA) is 75.7 Å². The minimum Gasteiger partial charge on any atom is -0.488 e. The lowest BCUT2D eigenvalue weighted by Crippen LogP contribution is -2.54. The van der Waals surface area contributed by atoms with Gasteiger partial charge in [-0.05, 0) is 82.0 Å². The lowest BCUT2D eigenvalue weighted by Gasteiger charge is -2.27. The molecule has 0 aliphatic carbocycles. The molecule has 0 unspecified atom stereocenters. The van der Waals surface area contributed by atoms with Crippen LogP contribution in [0, 0.1) is 6.92 Å². The van der Waals surface area contributed by atoms with Gasteiger partial charge in [0.25, 0.3) is 11.8 Å². The van der Waals surface area contributed by atoms with Crippen LogP contribution in [-0.2, 0) is 16.2 Å². The Kier molecular flexibility index (Phi) is 7.07. The molecule has 0 aromatic heterocycles. The van der Waals surface area contributed by atoms with Crippen LogP contribution < -0.4 is 15.0 Å². The van der Waals surface area contributed by atoms with Crippen molar-refractivity contribution in [3.63, 3.8) is 0 Å². The number of imide groups is 2. The monoisotopic (exact) mass is 558 g/mol. The van der Waals surface area contributed by atoms with Crippen LogP contribution in [0.3, 0.4) is 0 Å². The lowest BCUT2D eigenvalue weighted by atomic mass is 10.1. The van der Waals surface area contributed by atoms with Crippen molar-refractivity contribution in [2.24, 2.45) is 0 Å². The first-order valence-electron chi connectivity index (χ1n) is 10.1. The zero-order valence-electron chi connectivity index (χ0n) is 17.8. The number of rotatable bonds is 5. The maximum Gasteiger partial charge on any atom is 0.335 e. The van der Waals surface area contributed by atoms with Gasteiger partial charge in [0.05, 0.1) is 10.2 Å². The lowest BCUT2D eigenvalue weighted by molar-refractivity contribution is -0.122. The number of barbiturate groups is 1. The number of nitrogens with one attached hydrogen (secondary N) is 1. The molecular weight excluding hydrogens is 543 g/mol. The van der Waals surface area contributed by atoms with Crippen LogP contribution in [0.2, 0.25) is 10.0 Å². The second-order valence-corrected chi connectivity index (χ2v) is 9.22. The fraction of sp³-hybridized carbons (Fsp3) is 0.0800. The Morgan fingerprint density at radius 3 is 2.38 bits per heavy atom. The van der Waals surface area contributed by atoms with Gasteiger partial charge in [-0.1, -0.05) is 47.5 Å². The van der Waals surface area contributed by atoms with E-state index in [1.54, 1.807) is 49.4 Å². The Hall–Kier alpha value is -3.13. The number of urea groups is 1. The first kappa shape index (κ1) is 24.0. The molecule has 3 aromatic rings. The molecule has 4 amide bonds. The van der Waals surface area contributed by atoms with Gasteiger partial charge in [0.2, 0.25) is 0 Å². The number of carbonyl (C=O) groups excluding carboxylic acids is 3. The summed E-state index contributed by atoms with van der Waals surface area (Å²) in [7, 11) is 0. The first-order valence-corrected chi connectivity index (χ1v) is 11.6. The Morgan fingerprint density at radius 1 is 0.971 bits per heavy atom. The number of anilines is 1. The van der Waals surface area contributed by atoms with Gasteiger partial charge in [-0.15, -0.1) is 0 Å². The van der Waals surface area contributed by atoms with E-state index in [4.69, 9.17) is 27.9 Å². The molecule has 0 radical (unpaired) electrons. The van der Waals surface area contributed by atoms with E-state index < -0.39 is 17.8 Å².